The molecule has 0 bridgehead atoms. The van der Waals surface area contributed by atoms with Gasteiger partial charge in [-0.25, -0.2) is 0 Å². The third-order valence-corrected chi connectivity index (χ3v) is 8.83. The first-order valence-electron chi connectivity index (χ1n) is 11.3. The maximum atomic E-state index is 13.5. The number of benzene rings is 1. The zero-order valence-corrected chi connectivity index (χ0v) is 19.4. The Morgan fingerprint density at radius 2 is 2.13 bits per heavy atom. The third-order valence-electron chi connectivity index (χ3n) is 6.93. The van der Waals surface area contributed by atoms with E-state index < -0.39 is 11.2 Å². The van der Waals surface area contributed by atoms with E-state index in [0.717, 1.165) is 34.6 Å². The van der Waals surface area contributed by atoms with Crippen molar-refractivity contribution >= 4 is 28.7 Å². The fourth-order valence-corrected chi connectivity index (χ4v) is 7.09. The third kappa shape index (κ3) is 3.80. The number of hydrogen-bond acceptors (Lipinski definition) is 4. The molecule has 1 saturated heterocycles. The standard InChI is InChI=1S/C23H29ClN3O3S/c1-2-15-5-3-6-16(13-15)27-21-17-7-4-8-19(24)22(17)31(29)14-18(21)20(25-27)23(28)26-9-11-30-12-10-26/h4,7-8,15-16,29H,2-3,5-6,9-14H2,1H3/q+1. The fourth-order valence-electron chi connectivity index (χ4n) is 5.24. The molecule has 1 saturated carbocycles. The summed E-state index contributed by atoms with van der Waals surface area (Å²) in [6.45, 7) is 4.52. The number of ether oxygens (including phenoxy) is 1. The number of morpholine rings is 1. The number of nitrogens with zero attached hydrogens (tertiary/aromatic N) is 3. The number of aromatic nitrogens is 2. The van der Waals surface area contributed by atoms with E-state index in [-0.39, 0.29) is 11.9 Å². The summed E-state index contributed by atoms with van der Waals surface area (Å²) in [7, 11) is 0. The summed E-state index contributed by atoms with van der Waals surface area (Å²) in [5, 5.41) is 5.54. The van der Waals surface area contributed by atoms with Crippen LogP contribution in [0.3, 0.4) is 0 Å². The molecule has 1 aromatic carbocycles. The molecule has 0 radical (unpaired) electrons. The van der Waals surface area contributed by atoms with Crippen LogP contribution in [0.4, 0.5) is 0 Å². The summed E-state index contributed by atoms with van der Waals surface area (Å²) >= 11 is 5.46. The van der Waals surface area contributed by atoms with Crippen molar-refractivity contribution in [2.45, 2.75) is 55.7 Å². The van der Waals surface area contributed by atoms with Crippen LogP contribution in [0.1, 0.15) is 61.1 Å². The normalized spacial score (nSPS) is 25.8. The maximum Gasteiger partial charge on any atom is 0.275 e. The van der Waals surface area contributed by atoms with Gasteiger partial charge in [0.15, 0.2) is 22.6 Å². The highest BCUT2D eigenvalue weighted by Gasteiger charge is 2.43. The molecule has 1 aromatic heterocycles. The van der Waals surface area contributed by atoms with Crippen LogP contribution in [0.5, 0.6) is 0 Å². The Balaban J connectivity index is 1.64. The molecule has 5 rings (SSSR count). The summed E-state index contributed by atoms with van der Waals surface area (Å²) in [4.78, 5) is 16.1. The number of rotatable bonds is 3. The molecule has 166 valence electrons. The minimum Gasteiger partial charge on any atom is -0.378 e. The number of halogens is 1. The van der Waals surface area contributed by atoms with Crippen molar-refractivity contribution in [1.29, 1.82) is 0 Å². The molecule has 1 aliphatic carbocycles. The lowest BCUT2D eigenvalue weighted by molar-refractivity contribution is 0.0297. The average Bonchev–Trinajstić information content (AvgIpc) is 3.18. The summed E-state index contributed by atoms with van der Waals surface area (Å²) in [6.07, 6.45) is 5.75. The quantitative estimate of drug-likeness (QED) is 0.666. The number of carbonyl (C=O) groups is 1. The summed E-state index contributed by atoms with van der Waals surface area (Å²) in [5.74, 6) is 1.03. The predicted octanol–water partition coefficient (Wildman–Crippen LogP) is 4.78. The topological polar surface area (TPSA) is 67.6 Å². The van der Waals surface area contributed by atoms with Crippen molar-refractivity contribution in [3.63, 3.8) is 0 Å². The van der Waals surface area contributed by atoms with E-state index in [1.165, 1.54) is 19.3 Å². The SMILES string of the molecule is CCC1CCCC(n2nc(C(=O)N3CCOCC3)c3c2-c2cccc(Cl)c2[S+](O)C3)C1. The van der Waals surface area contributed by atoms with Gasteiger partial charge in [0, 0.05) is 13.1 Å². The van der Waals surface area contributed by atoms with Crippen LogP contribution in [-0.4, -0.2) is 51.4 Å². The molecule has 8 heteroatoms. The number of amides is 1. The maximum absolute atomic E-state index is 13.5. The molecule has 3 heterocycles. The molecule has 2 fully saturated rings. The lowest BCUT2D eigenvalue weighted by atomic mass is 9.84. The van der Waals surface area contributed by atoms with E-state index in [1.807, 2.05) is 23.1 Å². The molecule has 3 unspecified atom stereocenters. The summed E-state index contributed by atoms with van der Waals surface area (Å²) < 4.78 is 18.5. The van der Waals surface area contributed by atoms with E-state index in [9.17, 15) is 9.35 Å². The van der Waals surface area contributed by atoms with Crippen molar-refractivity contribution < 1.29 is 14.1 Å². The second kappa shape index (κ2) is 8.77. The molecular formula is C23H29ClN3O3S+. The first-order chi connectivity index (χ1) is 15.1. The smallest absolute Gasteiger partial charge is 0.275 e. The molecule has 6 nitrogen and oxygen atoms in total. The first-order valence-corrected chi connectivity index (χ1v) is 13.0. The van der Waals surface area contributed by atoms with Crippen LogP contribution in [0.25, 0.3) is 11.3 Å². The van der Waals surface area contributed by atoms with Crippen LogP contribution in [0.15, 0.2) is 23.1 Å². The molecule has 1 amide bonds. The van der Waals surface area contributed by atoms with E-state index in [0.29, 0.717) is 48.7 Å². The van der Waals surface area contributed by atoms with Crippen molar-refractivity contribution in [3.05, 3.63) is 34.5 Å². The van der Waals surface area contributed by atoms with E-state index >= 15 is 0 Å². The predicted molar refractivity (Wildman–Crippen MR) is 123 cm³/mol. The van der Waals surface area contributed by atoms with Gasteiger partial charge in [-0.15, -0.1) is 0 Å². The van der Waals surface area contributed by atoms with E-state index in [2.05, 4.69) is 11.6 Å². The van der Waals surface area contributed by atoms with Crippen LogP contribution in [-0.2, 0) is 21.7 Å². The van der Waals surface area contributed by atoms with Crippen LogP contribution in [0, 0.1) is 5.92 Å². The van der Waals surface area contributed by atoms with Crippen molar-refractivity contribution in [2.24, 2.45) is 5.92 Å². The van der Waals surface area contributed by atoms with Gasteiger partial charge < -0.3 is 9.64 Å². The molecule has 2 aromatic rings. The molecule has 31 heavy (non-hydrogen) atoms. The second-order valence-corrected chi connectivity index (χ2v) is 10.6. The van der Waals surface area contributed by atoms with Gasteiger partial charge in [-0.2, -0.15) is 9.65 Å². The fraction of sp³-hybridized carbons (Fsp3) is 0.565. The summed E-state index contributed by atoms with van der Waals surface area (Å²) in [6, 6.07) is 6.03. The minimum absolute atomic E-state index is 0.0522. The Morgan fingerprint density at radius 3 is 2.90 bits per heavy atom. The van der Waals surface area contributed by atoms with Crippen molar-refractivity contribution in [3.8, 4) is 11.3 Å². The Hall–Kier alpha value is -1.54. The van der Waals surface area contributed by atoms with Gasteiger partial charge in [-0.05, 0) is 30.9 Å². The van der Waals surface area contributed by atoms with Gasteiger partial charge in [0.05, 0.1) is 41.1 Å². The van der Waals surface area contributed by atoms with Gasteiger partial charge in [0.2, 0.25) is 4.90 Å². The van der Waals surface area contributed by atoms with Gasteiger partial charge in [0.25, 0.3) is 5.91 Å². The van der Waals surface area contributed by atoms with E-state index in [1.54, 1.807) is 0 Å². The number of fused-ring (bicyclic) bond motifs is 3. The lowest BCUT2D eigenvalue weighted by Gasteiger charge is -2.30. The molecule has 2 aliphatic heterocycles. The van der Waals surface area contributed by atoms with Crippen LogP contribution >= 0.6 is 11.6 Å². The lowest BCUT2D eigenvalue weighted by Crippen LogP contribution is -2.41. The largest absolute Gasteiger partial charge is 0.378 e. The molecule has 1 N–H and O–H groups in total. The van der Waals surface area contributed by atoms with Crippen molar-refractivity contribution in [2.75, 3.05) is 26.3 Å². The van der Waals surface area contributed by atoms with Gasteiger partial charge in [0.1, 0.15) is 0 Å². The first kappa shape index (κ1) is 21.3. The highest BCUT2D eigenvalue weighted by Crippen LogP contribution is 2.45. The Kier molecular flexibility index (Phi) is 6.03. The van der Waals surface area contributed by atoms with Gasteiger partial charge in [-0.1, -0.05) is 43.9 Å². The zero-order chi connectivity index (χ0) is 21.5. The highest BCUT2D eigenvalue weighted by atomic mass is 35.5. The van der Waals surface area contributed by atoms with Crippen LogP contribution in [0.2, 0.25) is 5.02 Å². The zero-order valence-electron chi connectivity index (χ0n) is 17.8. The van der Waals surface area contributed by atoms with Gasteiger partial charge in [-0.3, -0.25) is 9.48 Å². The Morgan fingerprint density at radius 1 is 1.32 bits per heavy atom. The molecule has 3 atom stereocenters. The average molecular weight is 463 g/mol. The Bertz CT molecular complexity index is 989. The van der Waals surface area contributed by atoms with E-state index in [4.69, 9.17) is 21.4 Å². The summed E-state index contributed by atoms with van der Waals surface area (Å²) in [5.41, 5.74) is 3.27. The van der Waals surface area contributed by atoms with Crippen molar-refractivity contribution in [1.82, 2.24) is 14.7 Å². The highest BCUT2D eigenvalue weighted by molar-refractivity contribution is 7.91. The van der Waals surface area contributed by atoms with Crippen LogP contribution < -0.4 is 0 Å². The molecule has 0 spiro atoms. The molecule has 3 aliphatic rings. The number of carbonyl (C=O) groups excluding carboxylic acids is 1. The number of hydrogen-bond donors (Lipinski definition) is 1. The molecular weight excluding hydrogens is 434 g/mol. The minimum atomic E-state index is -1.05. The monoisotopic (exact) mass is 462 g/mol. The Labute approximate surface area is 191 Å². The second-order valence-electron chi connectivity index (χ2n) is 8.75. The van der Waals surface area contributed by atoms with Gasteiger partial charge >= 0.3 is 0 Å².